The van der Waals surface area contributed by atoms with E-state index in [2.05, 4.69) is 28.1 Å². The van der Waals surface area contributed by atoms with E-state index in [4.69, 9.17) is 0 Å². The van der Waals surface area contributed by atoms with Gasteiger partial charge in [0.25, 0.3) is 0 Å². The number of pyridine rings is 2. The van der Waals surface area contributed by atoms with Gasteiger partial charge in [0.15, 0.2) is 5.82 Å². The minimum Gasteiger partial charge on any atom is -0.293 e. The van der Waals surface area contributed by atoms with Gasteiger partial charge in [-0.05, 0) is 49.8 Å². The zero-order valence-electron chi connectivity index (χ0n) is 19.8. The summed E-state index contributed by atoms with van der Waals surface area (Å²) in [7, 11) is 1.69. The van der Waals surface area contributed by atoms with Gasteiger partial charge < -0.3 is 0 Å². The Hall–Kier alpha value is -3.46. The fourth-order valence-electron chi connectivity index (χ4n) is 4.53. The zero-order valence-corrected chi connectivity index (χ0v) is 20.6. The molecule has 0 radical (unpaired) electrons. The quantitative estimate of drug-likeness (QED) is 0.338. The number of aromatic nitrogens is 6. The third kappa shape index (κ3) is 3.26. The summed E-state index contributed by atoms with van der Waals surface area (Å²) in [6.45, 7) is 6.74. The lowest BCUT2D eigenvalue weighted by Crippen LogP contribution is -2.22. The van der Waals surface area contributed by atoms with E-state index in [0.717, 1.165) is 45.4 Å². The lowest BCUT2D eigenvalue weighted by molar-refractivity contribution is 0.606. The topological polar surface area (TPSA) is 70.5 Å². The molecule has 0 aliphatic carbocycles. The van der Waals surface area contributed by atoms with Crippen LogP contribution in [0.2, 0.25) is 0 Å². The molecule has 5 rings (SSSR count). The van der Waals surface area contributed by atoms with Gasteiger partial charge in [-0.15, -0.1) is 11.8 Å². The van der Waals surface area contributed by atoms with Crippen LogP contribution < -0.4 is 5.69 Å². The first-order valence-electron chi connectivity index (χ1n) is 11.1. The van der Waals surface area contributed by atoms with Crippen LogP contribution in [0, 0.1) is 12.7 Å². The highest BCUT2D eigenvalue weighted by Crippen LogP contribution is 2.37. The molecule has 0 saturated heterocycles. The maximum absolute atomic E-state index is 15.1. The molecular weight excluding hydrogens is 451 g/mol. The molecule has 9 heteroatoms. The third-order valence-corrected chi connectivity index (χ3v) is 7.10. The van der Waals surface area contributed by atoms with E-state index < -0.39 is 5.82 Å². The van der Waals surface area contributed by atoms with Crippen LogP contribution in [0.15, 0.2) is 46.6 Å². The van der Waals surface area contributed by atoms with Gasteiger partial charge >= 0.3 is 5.69 Å². The number of benzene rings is 1. The van der Waals surface area contributed by atoms with Gasteiger partial charge in [-0.3, -0.25) is 23.8 Å². The normalized spacial score (nSPS) is 11.7. The van der Waals surface area contributed by atoms with Crippen LogP contribution >= 0.6 is 11.8 Å². The highest BCUT2D eigenvalue weighted by Gasteiger charge is 2.22. The summed E-state index contributed by atoms with van der Waals surface area (Å²) < 4.78 is 20.0. The molecule has 0 amide bonds. The Balaban J connectivity index is 1.95. The lowest BCUT2D eigenvalue weighted by Gasteiger charge is -2.13. The molecular formula is C25H25FN6OS. The van der Waals surface area contributed by atoms with E-state index in [0.29, 0.717) is 23.0 Å². The third-order valence-electron chi connectivity index (χ3n) is 6.32. The van der Waals surface area contributed by atoms with Crippen molar-refractivity contribution in [1.82, 2.24) is 28.9 Å². The first-order valence-corrected chi connectivity index (χ1v) is 12.4. The molecule has 0 saturated carbocycles. The molecule has 7 nitrogen and oxygen atoms in total. The van der Waals surface area contributed by atoms with Crippen LogP contribution in [0.1, 0.15) is 25.1 Å². The summed E-state index contributed by atoms with van der Waals surface area (Å²) in [5.41, 5.74) is 5.57. The molecule has 0 spiro atoms. The summed E-state index contributed by atoms with van der Waals surface area (Å²) in [5.74, 6) is -0.528. The number of aryl methyl sites for hydroxylation is 4. The average molecular weight is 477 g/mol. The van der Waals surface area contributed by atoms with E-state index in [1.807, 2.05) is 37.0 Å². The molecule has 34 heavy (non-hydrogen) atoms. The lowest BCUT2D eigenvalue weighted by atomic mass is 10.0. The van der Waals surface area contributed by atoms with Crippen molar-refractivity contribution < 1.29 is 4.39 Å². The van der Waals surface area contributed by atoms with Crippen LogP contribution in [0.3, 0.4) is 0 Å². The summed E-state index contributed by atoms with van der Waals surface area (Å²) in [6.07, 6.45) is 9.07. The number of halogens is 1. The average Bonchev–Trinajstić information content (AvgIpc) is 3.34. The molecule has 0 bridgehead atoms. The van der Waals surface area contributed by atoms with Crippen LogP contribution in [-0.2, 0) is 20.0 Å². The number of hydrogen-bond donors (Lipinski definition) is 0. The Morgan fingerprint density at radius 1 is 1.12 bits per heavy atom. The Labute approximate surface area is 200 Å². The summed E-state index contributed by atoms with van der Waals surface area (Å²) in [5, 5.41) is 5.40. The largest absolute Gasteiger partial charge is 0.333 e. The molecule has 0 atom stereocenters. The van der Waals surface area contributed by atoms with Crippen molar-refractivity contribution in [3.63, 3.8) is 0 Å². The first-order chi connectivity index (χ1) is 16.4. The number of nitrogens with zero attached hydrogens (tertiary/aromatic N) is 6. The number of hydrogen-bond acceptors (Lipinski definition) is 5. The van der Waals surface area contributed by atoms with E-state index in [-0.39, 0.29) is 11.4 Å². The predicted molar refractivity (Wildman–Crippen MR) is 134 cm³/mol. The predicted octanol–water partition coefficient (Wildman–Crippen LogP) is 4.89. The van der Waals surface area contributed by atoms with Gasteiger partial charge in [-0.2, -0.15) is 5.10 Å². The zero-order chi connectivity index (χ0) is 24.1. The second kappa shape index (κ2) is 8.39. The van der Waals surface area contributed by atoms with E-state index in [9.17, 15) is 4.79 Å². The van der Waals surface area contributed by atoms with Gasteiger partial charge in [0.2, 0.25) is 0 Å². The Morgan fingerprint density at radius 3 is 2.59 bits per heavy atom. The van der Waals surface area contributed by atoms with Crippen LogP contribution in [-0.4, -0.2) is 35.1 Å². The Bertz CT molecular complexity index is 1630. The van der Waals surface area contributed by atoms with Gasteiger partial charge in [-0.25, -0.2) is 9.18 Å². The fraction of sp³-hybridized carbons (Fsp3) is 0.280. The van der Waals surface area contributed by atoms with E-state index in [1.54, 1.807) is 31.2 Å². The Morgan fingerprint density at radius 2 is 1.91 bits per heavy atom. The summed E-state index contributed by atoms with van der Waals surface area (Å²) in [4.78, 5) is 23.1. The smallest absolute Gasteiger partial charge is 0.293 e. The van der Waals surface area contributed by atoms with Crippen molar-refractivity contribution in [1.29, 1.82) is 0 Å². The number of thioether (sulfide) groups is 1. The van der Waals surface area contributed by atoms with Crippen molar-refractivity contribution in [3.05, 3.63) is 64.5 Å². The molecule has 174 valence electrons. The molecule has 4 aromatic heterocycles. The van der Waals surface area contributed by atoms with Gasteiger partial charge in [0.1, 0.15) is 0 Å². The number of imidazole rings is 1. The molecule has 0 N–H and O–H groups in total. The van der Waals surface area contributed by atoms with Gasteiger partial charge in [0.05, 0.1) is 40.3 Å². The van der Waals surface area contributed by atoms with Gasteiger partial charge in [-0.1, -0.05) is 6.92 Å². The second-order valence-electron chi connectivity index (χ2n) is 8.21. The Kier molecular flexibility index (Phi) is 5.51. The standard InChI is InChI=1S/C25H25FN6OS/c1-6-15-10-27-11-19(26)23(15)32-24-17-8-16(18-13-31(7-2)29-14(18)3)22(34-5)9-20(17)28-12-21(24)30(4)25(32)33/h8-13H,6-7H2,1-5H3. The van der Waals surface area contributed by atoms with Crippen molar-refractivity contribution in [2.45, 2.75) is 38.6 Å². The molecule has 4 heterocycles. The van der Waals surface area contributed by atoms with Crippen LogP contribution in [0.5, 0.6) is 0 Å². The van der Waals surface area contributed by atoms with Crippen molar-refractivity contribution in [3.8, 4) is 16.8 Å². The minimum atomic E-state index is -0.528. The minimum absolute atomic E-state index is 0.242. The second-order valence-corrected chi connectivity index (χ2v) is 9.05. The molecule has 0 fully saturated rings. The molecule has 0 unspecified atom stereocenters. The van der Waals surface area contributed by atoms with Crippen molar-refractivity contribution in [2.24, 2.45) is 7.05 Å². The van der Waals surface area contributed by atoms with Crippen LogP contribution in [0.4, 0.5) is 4.39 Å². The van der Waals surface area contributed by atoms with Crippen molar-refractivity contribution in [2.75, 3.05) is 6.26 Å². The highest BCUT2D eigenvalue weighted by molar-refractivity contribution is 7.98. The number of rotatable bonds is 5. The molecule has 0 aliphatic heterocycles. The monoisotopic (exact) mass is 476 g/mol. The van der Waals surface area contributed by atoms with Crippen molar-refractivity contribution >= 4 is 33.7 Å². The maximum Gasteiger partial charge on any atom is 0.333 e. The number of fused-ring (bicyclic) bond motifs is 3. The maximum atomic E-state index is 15.1. The summed E-state index contributed by atoms with van der Waals surface area (Å²) >= 11 is 1.63. The van der Waals surface area contributed by atoms with Crippen LogP contribution in [0.25, 0.3) is 38.8 Å². The highest BCUT2D eigenvalue weighted by atomic mass is 32.2. The molecule has 0 aliphatic rings. The SMILES string of the molecule is CCc1cncc(F)c1-n1c(=O)n(C)c2cnc3cc(SC)c(-c4cn(CC)nc4C)cc3c21. The summed E-state index contributed by atoms with van der Waals surface area (Å²) in [6, 6.07) is 4.09. The fourth-order valence-corrected chi connectivity index (χ4v) is 5.15. The van der Waals surface area contributed by atoms with Gasteiger partial charge in [0, 0.05) is 41.8 Å². The molecule has 1 aromatic carbocycles. The first kappa shape index (κ1) is 22.3. The molecule has 5 aromatic rings. The van der Waals surface area contributed by atoms with E-state index >= 15 is 4.39 Å². The van der Waals surface area contributed by atoms with E-state index in [1.165, 1.54) is 9.13 Å².